The highest BCUT2D eigenvalue weighted by molar-refractivity contribution is 5.49. The second-order valence-corrected chi connectivity index (χ2v) is 2.77. The van der Waals surface area contributed by atoms with Gasteiger partial charge in [0.15, 0.2) is 5.79 Å². The highest BCUT2D eigenvalue weighted by atomic mass is 16.7. The van der Waals surface area contributed by atoms with Gasteiger partial charge < -0.3 is 14.3 Å². The quantitative estimate of drug-likeness (QED) is 0.436. The van der Waals surface area contributed by atoms with Gasteiger partial charge in [-0.05, 0) is 0 Å². The Bertz CT molecular complexity index is 119. The third kappa shape index (κ3) is 3.32. The Morgan fingerprint density at radius 1 is 1.25 bits per heavy atom. The summed E-state index contributed by atoms with van der Waals surface area (Å²) in [5.74, 6) is -0.546. The summed E-state index contributed by atoms with van der Waals surface area (Å²) in [7, 11) is 3.23. The van der Waals surface area contributed by atoms with Crippen LogP contribution in [0.25, 0.3) is 0 Å². The van der Waals surface area contributed by atoms with Crippen molar-refractivity contribution in [1.29, 1.82) is 0 Å². The first kappa shape index (κ1) is 11.6. The van der Waals surface area contributed by atoms with Crippen LogP contribution in [0.5, 0.6) is 0 Å². The van der Waals surface area contributed by atoms with E-state index in [0.717, 1.165) is 19.1 Å². The van der Waals surface area contributed by atoms with E-state index in [1.165, 1.54) is 0 Å². The maximum absolute atomic E-state index is 10.2. The van der Waals surface area contributed by atoms with Crippen LogP contribution in [0, 0.1) is 0 Å². The minimum Gasteiger partial charge on any atom is -0.353 e. The standard InChI is InChI=1S/C9H18O3/c1-4-6-9(11-2,12-3)7-5-8-10/h8H,4-7H2,1-3H3. The van der Waals surface area contributed by atoms with Crippen molar-refractivity contribution in [3.63, 3.8) is 0 Å². The molecule has 0 aliphatic rings. The number of carbonyl (C=O) groups is 1. The number of aldehydes is 1. The van der Waals surface area contributed by atoms with Crippen LogP contribution < -0.4 is 0 Å². The lowest BCUT2D eigenvalue weighted by Gasteiger charge is -2.29. The highest BCUT2D eigenvalue weighted by Gasteiger charge is 2.27. The zero-order valence-electron chi connectivity index (χ0n) is 8.13. The van der Waals surface area contributed by atoms with Crippen LogP contribution in [0.2, 0.25) is 0 Å². The zero-order chi connectivity index (χ0) is 9.45. The van der Waals surface area contributed by atoms with Crippen molar-refractivity contribution >= 4 is 6.29 Å². The van der Waals surface area contributed by atoms with Gasteiger partial charge in [-0.25, -0.2) is 0 Å². The lowest BCUT2D eigenvalue weighted by atomic mass is 10.1. The molecule has 72 valence electrons. The van der Waals surface area contributed by atoms with Gasteiger partial charge in [-0.15, -0.1) is 0 Å². The van der Waals surface area contributed by atoms with Gasteiger partial charge >= 0.3 is 0 Å². The lowest BCUT2D eigenvalue weighted by molar-refractivity contribution is -0.214. The second kappa shape index (κ2) is 6.14. The fourth-order valence-electron chi connectivity index (χ4n) is 1.28. The molecule has 12 heavy (non-hydrogen) atoms. The van der Waals surface area contributed by atoms with E-state index in [9.17, 15) is 4.79 Å². The molecule has 3 heteroatoms. The van der Waals surface area contributed by atoms with Gasteiger partial charge in [-0.3, -0.25) is 0 Å². The van der Waals surface area contributed by atoms with Crippen LogP contribution in [-0.4, -0.2) is 26.3 Å². The molecule has 0 aromatic rings. The van der Waals surface area contributed by atoms with E-state index in [1.807, 2.05) is 0 Å². The number of rotatable bonds is 7. The van der Waals surface area contributed by atoms with Gasteiger partial charge in [-0.1, -0.05) is 13.3 Å². The van der Waals surface area contributed by atoms with Gasteiger partial charge in [0, 0.05) is 33.5 Å². The molecule has 0 heterocycles. The molecule has 0 aliphatic heterocycles. The topological polar surface area (TPSA) is 35.5 Å². The number of hydrogen-bond donors (Lipinski definition) is 0. The van der Waals surface area contributed by atoms with Crippen LogP contribution in [0.1, 0.15) is 32.6 Å². The minimum absolute atomic E-state index is 0.488. The molecule has 0 spiro atoms. The van der Waals surface area contributed by atoms with Gasteiger partial charge in [0.2, 0.25) is 0 Å². The lowest BCUT2D eigenvalue weighted by Crippen LogP contribution is -2.33. The molecular formula is C9H18O3. The summed E-state index contributed by atoms with van der Waals surface area (Å²) in [5.41, 5.74) is 0. The molecule has 3 nitrogen and oxygen atoms in total. The first-order valence-electron chi connectivity index (χ1n) is 4.28. The van der Waals surface area contributed by atoms with E-state index in [4.69, 9.17) is 9.47 Å². The Morgan fingerprint density at radius 3 is 2.17 bits per heavy atom. The molecule has 0 amide bonds. The molecule has 0 bridgehead atoms. The van der Waals surface area contributed by atoms with Crippen molar-refractivity contribution in [3.8, 4) is 0 Å². The normalized spacial score (nSPS) is 11.6. The Labute approximate surface area is 74.0 Å². The van der Waals surface area contributed by atoms with E-state index in [0.29, 0.717) is 12.8 Å². The number of ether oxygens (including phenoxy) is 2. The summed E-state index contributed by atoms with van der Waals surface area (Å²) < 4.78 is 10.5. The molecule has 0 atom stereocenters. The Morgan fingerprint density at radius 2 is 1.83 bits per heavy atom. The summed E-state index contributed by atoms with van der Waals surface area (Å²) >= 11 is 0. The molecule has 0 fully saturated rings. The summed E-state index contributed by atoms with van der Waals surface area (Å²) in [4.78, 5) is 10.2. The summed E-state index contributed by atoms with van der Waals surface area (Å²) in [6.45, 7) is 2.06. The first-order valence-corrected chi connectivity index (χ1v) is 4.28. The van der Waals surface area contributed by atoms with Crippen LogP contribution >= 0.6 is 0 Å². The molecule has 0 radical (unpaired) electrons. The molecule has 0 N–H and O–H groups in total. The highest BCUT2D eigenvalue weighted by Crippen LogP contribution is 2.23. The molecule has 0 rings (SSSR count). The molecule has 0 saturated carbocycles. The van der Waals surface area contributed by atoms with Crippen molar-refractivity contribution in [3.05, 3.63) is 0 Å². The van der Waals surface area contributed by atoms with Crippen molar-refractivity contribution in [2.75, 3.05) is 14.2 Å². The van der Waals surface area contributed by atoms with Crippen LogP contribution in [0.3, 0.4) is 0 Å². The van der Waals surface area contributed by atoms with Crippen molar-refractivity contribution < 1.29 is 14.3 Å². The van der Waals surface area contributed by atoms with Crippen LogP contribution in [-0.2, 0) is 14.3 Å². The van der Waals surface area contributed by atoms with Gasteiger partial charge in [0.1, 0.15) is 6.29 Å². The molecule has 0 aliphatic carbocycles. The van der Waals surface area contributed by atoms with Gasteiger partial charge in [-0.2, -0.15) is 0 Å². The Kier molecular flexibility index (Phi) is 5.93. The van der Waals surface area contributed by atoms with E-state index in [2.05, 4.69) is 6.92 Å². The van der Waals surface area contributed by atoms with Gasteiger partial charge in [0.05, 0.1) is 0 Å². The number of hydrogen-bond acceptors (Lipinski definition) is 3. The number of carbonyl (C=O) groups excluding carboxylic acids is 1. The van der Waals surface area contributed by atoms with Crippen molar-refractivity contribution in [1.82, 2.24) is 0 Å². The van der Waals surface area contributed by atoms with E-state index >= 15 is 0 Å². The predicted molar refractivity (Wildman–Crippen MR) is 47.0 cm³/mol. The maximum atomic E-state index is 10.2. The molecule has 0 unspecified atom stereocenters. The predicted octanol–water partition coefficient (Wildman–Crippen LogP) is 1.75. The third-order valence-corrected chi connectivity index (χ3v) is 2.02. The molecule has 0 aromatic carbocycles. The Balaban J connectivity index is 4.03. The Hall–Kier alpha value is -0.410. The van der Waals surface area contributed by atoms with Crippen molar-refractivity contribution in [2.45, 2.75) is 38.4 Å². The van der Waals surface area contributed by atoms with Gasteiger partial charge in [0.25, 0.3) is 0 Å². The maximum Gasteiger partial charge on any atom is 0.167 e. The molecule has 0 saturated heterocycles. The second-order valence-electron chi connectivity index (χ2n) is 2.77. The average Bonchev–Trinajstić information content (AvgIpc) is 2.13. The fourth-order valence-corrected chi connectivity index (χ4v) is 1.28. The van der Waals surface area contributed by atoms with Crippen molar-refractivity contribution in [2.24, 2.45) is 0 Å². The average molecular weight is 174 g/mol. The van der Waals surface area contributed by atoms with Crippen LogP contribution in [0.4, 0.5) is 0 Å². The van der Waals surface area contributed by atoms with E-state index in [-0.39, 0.29) is 0 Å². The summed E-state index contributed by atoms with van der Waals surface area (Å²) in [6, 6.07) is 0. The SMILES string of the molecule is CCCC(CCC=O)(OC)OC. The summed E-state index contributed by atoms with van der Waals surface area (Å²) in [5, 5.41) is 0. The smallest absolute Gasteiger partial charge is 0.167 e. The number of methoxy groups -OCH3 is 2. The zero-order valence-corrected chi connectivity index (χ0v) is 8.13. The monoisotopic (exact) mass is 174 g/mol. The first-order chi connectivity index (χ1) is 5.74. The largest absolute Gasteiger partial charge is 0.353 e. The molecular weight excluding hydrogens is 156 g/mol. The van der Waals surface area contributed by atoms with E-state index < -0.39 is 5.79 Å². The molecule has 0 aromatic heterocycles. The minimum atomic E-state index is -0.546. The third-order valence-electron chi connectivity index (χ3n) is 2.02. The van der Waals surface area contributed by atoms with Crippen LogP contribution in [0.15, 0.2) is 0 Å². The fraction of sp³-hybridized carbons (Fsp3) is 0.889. The van der Waals surface area contributed by atoms with E-state index in [1.54, 1.807) is 14.2 Å². The summed E-state index contributed by atoms with van der Waals surface area (Å²) in [6.07, 6.45) is 3.83.